The van der Waals surface area contributed by atoms with E-state index in [2.05, 4.69) is 105 Å². The summed E-state index contributed by atoms with van der Waals surface area (Å²) >= 11 is 13.2. The first kappa shape index (κ1) is 30.0. The van der Waals surface area contributed by atoms with Crippen LogP contribution in [0.25, 0.3) is 0 Å². The van der Waals surface area contributed by atoms with E-state index in [9.17, 15) is 24.6 Å². The molecule has 3 amide bonds. The van der Waals surface area contributed by atoms with Crippen LogP contribution in [0.3, 0.4) is 0 Å². The number of aliphatic hydroxyl groups excluding tert-OH is 2. The van der Waals surface area contributed by atoms with Crippen molar-refractivity contribution in [2.45, 2.75) is 23.9 Å². The fourth-order valence-electron chi connectivity index (χ4n) is 5.83. The smallest absolute Gasteiger partial charge is 0.267 e. The number of carbonyl (C=O) groups excluding carboxylic acids is 3. The Hall–Kier alpha value is -2.45. The van der Waals surface area contributed by atoms with Crippen molar-refractivity contribution in [1.29, 1.82) is 0 Å². The van der Waals surface area contributed by atoms with Crippen molar-refractivity contribution < 1.29 is 24.6 Å². The maximum atomic E-state index is 13.1. The number of aromatic amines is 2. The highest BCUT2D eigenvalue weighted by Crippen LogP contribution is 2.50. The predicted octanol–water partition coefficient (Wildman–Crippen LogP) is -0.436. The number of nitrogens with two attached hydrogens (primary N) is 2. The van der Waals surface area contributed by atoms with Crippen LogP contribution in [0, 0.1) is 17.8 Å². The fraction of sp³-hybridized carbons (Fsp3) is 0.409. The first-order valence-electron chi connectivity index (χ1n) is 12.1. The summed E-state index contributed by atoms with van der Waals surface area (Å²) in [5.74, 6) is -4.31. The number of nitrogens with zero attached hydrogens (tertiary/aromatic N) is 2. The zero-order valence-electron chi connectivity index (χ0n) is 20.7. The molecule has 1 saturated carbocycles. The molecule has 1 spiro atoms. The summed E-state index contributed by atoms with van der Waals surface area (Å²) in [6.45, 7) is -0.182. The highest BCUT2D eigenvalue weighted by atomic mass is 79.9. The molecule has 220 valence electrons. The number of hydrogen-bond donors (Lipinski definition) is 10. The molecule has 3 aliphatic rings. The average Bonchev–Trinajstić information content (AvgIpc) is 3.66. The van der Waals surface area contributed by atoms with Gasteiger partial charge in [-0.3, -0.25) is 19.7 Å². The van der Waals surface area contributed by atoms with Gasteiger partial charge in [0.15, 0.2) is 18.1 Å². The number of amides is 3. The van der Waals surface area contributed by atoms with E-state index in [4.69, 9.17) is 11.5 Å². The molecule has 5 rings (SSSR count). The van der Waals surface area contributed by atoms with Gasteiger partial charge in [-0.15, -0.1) is 0 Å². The summed E-state index contributed by atoms with van der Waals surface area (Å²) in [7, 11) is 0. The molecule has 1 aliphatic carbocycles. The summed E-state index contributed by atoms with van der Waals surface area (Å²) in [6.07, 6.45) is -2.98. The number of carbonyl (C=O) groups is 3. The molecule has 7 atom stereocenters. The minimum atomic E-state index is -1.68. The van der Waals surface area contributed by atoms with Gasteiger partial charge in [0.2, 0.25) is 0 Å². The third kappa shape index (κ3) is 5.31. The van der Waals surface area contributed by atoms with Crippen LogP contribution in [0.5, 0.6) is 0 Å². The van der Waals surface area contributed by atoms with Gasteiger partial charge in [-0.05, 0) is 81.8 Å². The van der Waals surface area contributed by atoms with E-state index in [0.29, 0.717) is 18.2 Å². The van der Waals surface area contributed by atoms with Crippen LogP contribution in [0.15, 0.2) is 40.3 Å². The highest BCUT2D eigenvalue weighted by Gasteiger charge is 2.68. The van der Waals surface area contributed by atoms with Gasteiger partial charge < -0.3 is 47.6 Å². The van der Waals surface area contributed by atoms with Gasteiger partial charge in [0, 0.05) is 24.9 Å². The lowest BCUT2D eigenvalue weighted by atomic mass is 9.76. The van der Waals surface area contributed by atoms with E-state index in [-0.39, 0.29) is 36.4 Å². The van der Waals surface area contributed by atoms with Gasteiger partial charge in [-0.1, -0.05) is 0 Å². The summed E-state index contributed by atoms with van der Waals surface area (Å²) in [5.41, 5.74) is 10.5. The second kappa shape index (κ2) is 11.3. The Morgan fingerprint density at radius 1 is 0.902 bits per heavy atom. The number of H-pyrrole nitrogens is 2. The van der Waals surface area contributed by atoms with Crippen molar-refractivity contribution >= 4 is 93.4 Å². The van der Waals surface area contributed by atoms with Crippen LogP contribution < -0.4 is 32.7 Å². The maximum absolute atomic E-state index is 13.1. The molecule has 41 heavy (non-hydrogen) atoms. The number of guanidine groups is 2. The molecule has 15 nitrogen and oxygen atoms in total. The van der Waals surface area contributed by atoms with Crippen molar-refractivity contribution in [1.82, 2.24) is 31.2 Å². The number of hydrogen-bond acceptors (Lipinski definition) is 10. The van der Waals surface area contributed by atoms with E-state index in [0.717, 1.165) is 0 Å². The Morgan fingerprint density at radius 3 is 1.85 bits per heavy atom. The minimum absolute atomic E-state index is 0.0792. The SMILES string of the molecule is NC1=N[C@@H]([C@H]2[C@H](CNC(=O)c3cc(Br)c(Br)[nH]3)[C@@H](CNC(=O)c3cc(Br)c(Br)[nH]3)[C@H](O)[C@@]23NC(N)=N[C@H]3O)C(=O)N1. The molecule has 0 saturated heterocycles. The van der Waals surface area contributed by atoms with E-state index in [1.54, 1.807) is 12.1 Å². The Kier molecular flexibility index (Phi) is 8.29. The fourth-order valence-corrected chi connectivity index (χ4v) is 7.14. The predicted molar refractivity (Wildman–Crippen MR) is 161 cm³/mol. The second-order valence-electron chi connectivity index (χ2n) is 9.80. The first-order chi connectivity index (χ1) is 19.3. The van der Waals surface area contributed by atoms with Gasteiger partial charge in [0.1, 0.15) is 23.0 Å². The van der Waals surface area contributed by atoms with E-state index in [1.807, 2.05) is 0 Å². The van der Waals surface area contributed by atoms with E-state index >= 15 is 0 Å². The van der Waals surface area contributed by atoms with Crippen LogP contribution in [0.4, 0.5) is 0 Å². The van der Waals surface area contributed by atoms with E-state index in [1.165, 1.54) is 0 Å². The number of aliphatic hydroxyl groups is 2. The molecule has 2 aliphatic heterocycles. The number of rotatable bonds is 7. The normalized spacial score (nSPS) is 30.6. The van der Waals surface area contributed by atoms with Crippen LogP contribution >= 0.6 is 63.7 Å². The van der Waals surface area contributed by atoms with Crippen LogP contribution in [0.1, 0.15) is 21.0 Å². The lowest BCUT2D eigenvalue weighted by molar-refractivity contribution is -0.123. The number of nitrogens with one attached hydrogen (secondary N) is 6. The standard InChI is InChI=1S/C22H24Br4N10O5/c23-7-1-9(31-14(7)25)16(38)29-3-5-6(4-30-17(39)10-2-8(24)15(26)32-10)13(37)22(19(41)35-21(28)36-22)11(5)12-18(40)34-20(27)33-12/h1-2,5-6,11-13,19,31-32,37,41H,3-4H2,(H,29,38)(H,30,39)(H3,28,35,36)(H3,27,33,34,40)/t5-,6-,11-,12+,13+,19+,22+/m1/s1. The molecule has 0 radical (unpaired) electrons. The van der Waals surface area contributed by atoms with E-state index < -0.39 is 59.4 Å². The van der Waals surface area contributed by atoms with Gasteiger partial charge in [0.25, 0.3) is 17.7 Å². The van der Waals surface area contributed by atoms with Crippen molar-refractivity contribution in [3.05, 3.63) is 41.7 Å². The minimum Gasteiger partial charge on any atom is -0.390 e. The molecule has 0 bridgehead atoms. The largest absolute Gasteiger partial charge is 0.390 e. The summed E-state index contributed by atoms with van der Waals surface area (Å²) in [5, 5.41) is 33.8. The molecule has 12 N–H and O–H groups in total. The second-order valence-corrected chi connectivity index (χ2v) is 13.1. The third-order valence-corrected chi connectivity index (χ3v) is 11.1. The van der Waals surface area contributed by atoms with Crippen molar-refractivity contribution in [3.63, 3.8) is 0 Å². The molecule has 0 unspecified atom stereocenters. The Bertz CT molecular complexity index is 1440. The molecular formula is C22H24Br4N10O5. The van der Waals surface area contributed by atoms with Gasteiger partial charge in [-0.2, -0.15) is 0 Å². The zero-order chi connectivity index (χ0) is 29.8. The number of aromatic nitrogens is 2. The maximum Gasteiger partial charge on any atom is 0.267 e. The Labute approximate surface area is 265 Å². The summed E-state index contributed by atoms with van der Waals surface area (Å²) < 4.78 is 2.41. The average molecular weight is 828 g/mol. The summed E-state index contributed by atoms with van der Waals surface area (Å²) in [4.78, 5) is 53.0. The number of aliphatic imine (C=N–C) groups is 2. The van der Waals surface area contributed by atoms with Crippen molar-refractivity contribution in [3.8, 4) is 0 Å². The van der Waals surface area contributed by atoms with Crippen molar-refractivity contribution in [2.24, 2.45) is 39.2 Å². The van der Waals surface area contributed by atoms with Gasteiger partial charge in [-0.25, -0.2) is 9.98 Å². The molecule has 4 heterocycles. The number of halogens is 4. The Balaban J connectivity index is 1.49. The lowest BCUT2D eigenvalue weighted by Crippen LogP contribution is -2.65. The zero-order valence-corrected chi connectivity index (χ0v) is 27.1. The quantitative estimate of drug-likeness (QED) is 0.175. The molecule has 1 fully saturated rings. The molecule has 0 aromatic carbocycles. The van der Waals surface area contributed by atoms with Crippen LogP contribution in [0.2, 0.25) is 0 Å². The molecule has 2 aromatic heterocycles. The lowest BCUT2D eigenvalue weighted by Gasteiger charge is -2.39. The Morgan fingerprint density at radius 2 is 1.44 bits per heavy atom. The van der Waals surface area contributed by atoms with Crippen molar-refractivity contribution in [2.75, 3.05) is 13.1 Å². The highest BCUT2D eigenvalue weighted by molar-refractivity contribution is 9.13. The third-order valence-electron chi connectivity index (χ3n) is 7.57. The van der Waals surface area contributed by atoms with Crippen LogP contribution in [-0.4, -0.2) is 86.8 Å². The molecule has 2 aromatic rings. The first-order valence-corrected chi connectivity index (χ1v) is 15.3. The monoisotopic (exact) mass is 824 g/mol. The topological polar surface area (TPSA) is 248 Å². The summed E-state index contributed by atoms with van der Waals surface area (Å²) in [6, 6.07) is 1.99. The molecule has 19 heteroatoms. The van der Waals surface area contributed by atoms with Gasteiger partial charge >= 0.3 is 0 Å². The van der Waals surface area contributed by atoms with Crippen LogP contribution in [-0.2, 0) is 4.79 Å². The molecular weight excluding hydrogens is 804 g/mol. The van der Waals surface area contributed by atoms with Gasteiger partial charge in [0.05, 0.1) is 24.3 Å².